The molecule has 0 radical (unpaired) electrons. The normalized spacial score (nSPS) is 23.3. The van der Waals surface area contributed by atoms with E-state index in [9.17, 15) is 10.1 Å². The molecule has 10 heteroatoms. The summed E-state index contributed by atoms with van der Waals surface area (Å²) in [4.78, 5) is 30.4. The van der Waals surface area contributed by atoms with Crippen LogP contribution in [0.4, 0.5) is 4.79 Å². The van der Waals surface area contributed by atoms with E-state index in [1.54, 1.807) is 11.2 Å². The van der Waals surface area contributed by atoms with Gasteiger partial charge in [0.15, 0.2) is 0 Å². The third-order valence-corrected chi connectivity index (χ3v) is 7.24. The second-order valence-corrected chi connectivity index (χ2v) is 9.08. The van der Waals surface area contributed by atoms with Crippen molar-refractivity contribution in [3.8, 4) is 17.3 Å². The summed E-state index contributed by atoms with van der Waals surface area (Å²) in [6.07, 6.45) is 9.44. The second-order valence-electron chi connectivity index (χ2n) is 9.08. The molecule has 2 aliphatic rings. The van der Waals surface area contributed by atoms with Crippen LogP contribution in [0.3, 0.4) is 0 Å². The van der Waals surface area contributed by atoms with Gasteiger partial charge >= 0.3 is 6.03 Å². The van der Waals surface area contributed by atoms with Gasteiger partial charge in [-0.25, -0.2) is 14.8 Å². The Bertz CT molecular complexity index is 1180. The van der Waals surface area contributed by atoms with E-state index in [0.29, 0.717) is 12.5 Å². The molecule has 2 amide bonds. The van der Waals surface area contributed by atoms with E-state index < -0.39 is 0 Å². The van der Waals surface area contributed by atoms with Crippen LogP contribution in [0.5, 0.6) is 0 Å². The molecule has 1 saturated carbocycles. The van der Waals surface area contributed by atoms with Gasteiger partial charge in [-0.15, -0.1) is 0 Å². The van der Waals surface area contributed by atoms with Crippen molar-refractivity contribution in [2.45, 2.75) is 37.8 Å². The van der Waals surface area contributed by atoms with Gasteiger partial charge < -0.3 is 14.8 Å². The Morgan fingerprint density at radius 2 is 2.09 bits per heavy atom. The van der Waals surface area contributed by atoms with Crippen molar-refractivity contribution in [2.24, 2.45) is 0 Å². The molecule has 10 nitrogen and oxygen atoms in total. The molecule has 4 heterocycles. The summed E-state index contributed by atoms with van der Waals surface area (Å²) in [7, 11) is 1.85. The fourth-order valence-corrected chi connectivity index (χ4v) is 5.10. The minimum absolute atomic E-state index is 0.106. The minimum atomic E-state index is -0.294. The SMILES string of the molecule is CCN(C)C(=O)N1CCN([C@H]2C[C@](CC#N)(n3cc(-c4ncnc5[nH]ccc45)cn3)C2)CC1. The molecule has 1 saturated heterocycles. The summed E-state index contributed by atoms with van der Waals surface area (Å²) in [5, 5.41) is 15.2. The highest BCUT2D eigenvalue weighted by Gasteiger charge is 2.49. The lowest BCUT2D eigenvalue weighted by atomic mass is 9.70. The Balaban J connectivity index is 1.27. The zero-order chi connectivity index (χ0) is 23.0. The number of nitriles is 1. The lowest BCUT2D eigenvalue weighted by Gasteiger charge is -2.52. The van der Waals surface area contributed by atoms with Crippen LogP contribution in [0.1, 0.15) is 26.2 Å². The topological polar surface area (TPSA) is 110 Å². The van der Waals surface area contributed by atoms with Gasteiger partial charge in [0.25, 0.3) is 0 Å². The first-order valence-electron chi connectivity index (χ1n) is 11.5. The van der Waals surface area contributed by atoms with Gasteiger partial charge in [-0.05, 0) is 25.8 Å². The Labute approximate surface area is 192 Å². The number of aromatic nitrogens is 5. The van der Waals surface area contributed by atoms with E-state index in [1.165, 1.54) is 0 Å². The molecule has 0 atom stereocenters. The minimum Gasteiger partial charge on any atom is -0.346 e. The quantitative estimate of drug-likeness (QED) is 0.643. The van der Waals surface area contributed by atoms with Crippen molar-refractivity contribution in [3.05, 3.63) is 31.0 Å². The average molecular weight is 448 g/mol. The molecule has 0 spiro atoms. The highest BCUT2D eigenvalue weighted by atomic mass is 16.2. The molecule has 1 N–H and O–H groups in total. The molecule has 1 aliphatic heterocycles. The molecule has 33 heavy (non-hydrogen) atoms. The van der Waals surface area contributed by atoms with E-state index >= 15 is 0 Å². The number of hydrogen-bond acceptors (Lipinski definition) is 6. The smallest absolute Gasteiger partial charge is 0.319 e. The first-order chi connectivity index (χ1) is 16.0. The molecular formula is C23H29N9O. The van der Waals surface area contributed by atoms with E-state index in [-0.39, 0.29) is 11.6 Å². The highest BCUT2D eigenvalue weighted by molar-refractivity contribution is 5.90. The van der Waals surface area contributed by atoms with E-state index in [4.69, 9.17) is 0 Å². The average Bonchev–Trinajstić information content (AvgIpc) is 3.50. The molecule has 0 aromatic carbocycles. The van der Waals surface area contributed by atoms with Gasteiger partial charge in [-0.3, -0.25) is 9.58 Å². The number of aromatic amines is 1. The zero-order valence-electron chi connectivity index (χ0n) is 19.1. The molecule has 1 aliphatic carbocycles. The van der Waals surface area contributed by atoms with Crippen molar-refractivity contribution >= 4 is 17.1 Å². The van der Waals surface area contributed by atoms with Gasteiger partial charge in [0.2, 0.25) is 0 Å². The number of carbonyl (C=O) groups is 1. The van der Waals surface area contributed by atoms with E-state index in [2.05, 4.69) is 31.0 Å². The van der Waals surface area contributed by atoms with Crippen molar-refractivity contribution in [2.75, 3.05) is 39.8 Å². The summed E-state index contributed by atoms with van der Waals surface area (Å²) in [6.45, 7) is 5.94. The molecule has 172 valence electrons. The van der Waals surface area contributed by atoms with Crippen LogP contribution in [0, 0.1) is 11.3 Å². The largest absolute Gasteiger partial charge is 0.346 e. The third kappa shape index (κ3) is 3.72. The molecule has 3 aromatic heterocycles. The van der Waals surface area contributed by atoms with Crippen LogP contribution in [-0.2, 0) is 5.54 Å². The third-order valence-electron chi connectivity index (χ3n) is 7.24. The van der Waals surface area contributed by atoms with Crippen LogP contribution in [0.2, 0.25) is 0 Å². The van der Waals surface area contributed by atoms with Crippen molar-refractivity contribution in [1.82, 2.24) is 39.4 Å². The maximum Gasteiger partial charge on any atom is 0.319 e. The lowest BCUT2D eigenvalue weighted by Crippen LogP contribution is -2.61. The van der Waals surface area contributed by atoms with E-state index in [1.807, 2.05) is 48.2 Å². The maximum atomic E-state index is 12.4. The predicted molar refractivity (Wildman–Crippen MR) is 123 cm³/mol. The lowest BCUT2D eigenvalue weighted by molar-refractivity contribution is -0.0143. The first kappa shape index (κ1) is 21.4. The fourth-order valence-electron chi connectivity index (χ4n) is 5.10. The van der Waals surface area contributed by atoms with E-state index in [0.717, 1.165) is 67.9 Å². The Kier molecular flexibility index (Phi) is 5.50. The van der Waals surface area contributed by atoms with Crippen molar-refractivity contribution in [1.29, 1.82) is 5.26 Å². The van der Waals surface area contributed by atoms with Crippen LogP contribution in [0.15, 0.2) is 31.0 Å². The Morgan fingerprint density at radius 1 is 1.30 bits per heavy atom. The number of nitrogens with zero attached hydrogens (tertiary/aromatic N) is 8. The van der Waals surface area contributed by atoms with Gasteiger partial charge in [0.1, 0.15) is 12.0 Å². The number of nitrogens with one attached hydrogen (secondary N) is 1. The summed E-state index contributed by atoms with van der Waals surface area (Å²) in [5.74, 6) is 0. The number of piperazine rings is 1. The van der Waals surface area contributed by atoms with Crippen LogP contribution in [0.25, 0.3) is 22.3 Å². The van der Waals surface area contributed by atoms with Crippen LogP contribution in [-0.4, -0.2) is 91.3 Å². The number of rotatable bonds is 5. The van der Waals surface area contributed by atoms with Gasteiger partial charge in [-0.1, -0.05) is 0 Å². The molecule has 3 aromatic rings. The number of urea groups is 1. The molecule has 5 rings (SSSR count). The van der Waals surface area contributed by atoms with Crippen LogP contribution < -0.4 is 0 Å². The Morgan fingerprint density at radius 3 is 2.82 bits per heavy atom. The maximum absolute atomic E-state index is 12.4. The number of carbonyl (C=O) groups excluding carboxylic acids is 1. The second kappa shape index (κ2) is 8.48. The predicted octanol–water partition coefficient (Wildman–Crippen LogP) is 2.28. The fraction of sp³-hybridized carbons (Fsp3) is 0.522. The van der Waals surface area contributed by atoms with Gasteiger partial charge in [0.05, 0.1) is 29.9 Å². The van der Waals surface area contributed by atoms with Crippen molar-refractivity contribution in [3.63, 3.8) is 0 Å². The number of hydrogen-bond donors (Lipinski definition) is 1. The summed E-state index contributed by atoms with van der Waals surface area (Å²) in [6, 6.07) is 4.86. The first-order valence-corrected chi connectivity index (χ1v) is 11.5. The Hall–Kier alpha value is -3.45. The zero-order valence-corrected chi connectivity index (χ0v) is 19.1. The monoisotopic (exact) mass is 447 g/mol. The summed E-state index contributed by atoms with van der Waals surface area (Å²) >= 11 is 0. The van der Waals surface area contributed by atoms with Crippen LogP contribution >= 0.6 is 0 Å². The molecule has 0 unspecified atom stereocenters. The molecule has 0 bridgehead atoms. The number of H-pyrrole nitrogens is 1. The summed E-state index contributed by atoms with van der Waals surface area (Å²) < 4.78 is 1.97. The van der Waals surface area contributed by atoms with Gasteiger partial charge in [0, 0.05) is 69.2 Å². The number of amides is 2. The van der Waals surface area contributed by atoms with Crippen molar-refractivity contribution < 1.29 is 4.79 Å². The van der Waals surface area contributed by atoms with Gasteiger partial charge in [-0.2, -0.15) is 10.4 Å². The molecule has 2 fully saturated rings. The number of fused-ring (bicyclic) bond motifs is 1. The summed E-state index contributed by atoms with van der Waals surface area (Å²) in [5.41, 5.74) is 2.27. The standard InChI is InChI=1S/C23H29N9O/c1-3-29(2)22(33)31-10-8-30(9-11-31)18-12-23(13-18,5-6-24)32-15-17(14-28-32)20-19-4-7-25-21(19)27-16-26-20/h4,7,14-16,18H,3,5,8-13H2,1-2H3,(H,25,26,27)/t18-,23-. The molecular weight excluding hydrogens is 418 g/mol. The highest BCUT2D eigenvalue weighted by Crippen LogP contribution is 2.45.